The summed E-state index contributed by atoms with van der Waals surface area (Å²) in [5.41, 5.74) is 3.76. The molecular weight excluding hydrogens is 368 g/mol. The predicted octanol–water partition coefficient (Wildman–Crippen LogP) is 4.52. The van der Waals surface area contributed by atoms with Gasteiger partial charge in [0, 0.05) is 34.9 Å². The molecule has 5 heteroatoms. The van der Waals surface area contributed by atoms with E-state index in [9.17, 15) is 9.59 Å². The first-order chi connectivity index (χ1) is 13.7. The van der Waals surface area contributed by atoms with E-state index in [1.54, 1.807) is 0 Å². The molecule has 0 saturated carbocycles. The van der Waals surface area contributed by atoms with Crippen molar-refractivity contribution in [2.75, 3.05) is 11.4 Å². The normalized spacial score (nSPS) is 13.1. The molecule has 2 aromatic carbocycles. The molecule has 138 valence electrons. The molecule has 0 fully saturated rings. The molecule has 28 heavy (non-hydrogen) atoms. The Bertz CT molecular complexity index is 1190. The summed E-state index contributed by atoms with van der Waals surface area (Å²) in [7, 11) is 0. The van der Waals surface area contributed by atoms with Gasteiger partial charge in [-0.2, -0.15) is 0 Å². The van der Waals surface area contributed by atoms with Crippen LogP contribution in [-0.4, -0.2) is 22.8 Å². The minimum Gasteiger partial charge on any atom is -0.337 e. The first kappa shape index (κ1) is 17.0. The van der Waals surface area contributed by atoms with Gasteiger partial charge in [-0.05, 0) is 35.6 Å². The van der Waals surface area contributed by atoms with Crippen molar-refractivity contribution >= 4 is 39.6 Å². The van der Waals surface area contributed by atoms with Crippen LogP contribution in [0.5, 0.6) is 0 Å². The molecule has 1 amide bonds. The number of benzene rings is 2. The van der Waals surface area contributed by atoms with E-state index in [-0.39, 0.29) is 18.2 Å². The number of nitrogens with zero attached hydrogens (tertiary/aromatic N) is 2. The number of aromatic nitrogens is 1. The van der Waals surface area contributed by atoms with E-state index in [0.717, 1.165) is 23.0 Å². The summed E-state index contributed by atoms with van der Waals surface area (Å²) in [6.07, 6.45) is 2.71. The Morgan fingerprint density at radius 1 is 0.964 bits per heavy atom. The maximum atomic E-state index is 13.1. The van der Waals surface area contributed by atoms with Gasteiger partial charge < -0.3 is 9.47 Å². The number of hydrogen-bond donors (Lipinski definition) is 0. The average molecular weight is 386 g/mol. The summed E-state index contributed by atoms with van der Waals surface area (Å²) in [6.45, 7) is 0.922. The van der Waals surface area contributed by atoms with Crippen molar-refractivity contribution in [3.63, 3.8) is 0 Å². The molecule has 4 aromatic rings. The van der Waals surface area contributed by atoms with Crippen LogP contribution in [0, 0.1) is 0 Å². The van der Waals surface area contributed by atoms with Crippen molar-refractivity contribution in [1.82, 2.24) is 4.57 Å². The van der Waals surface area contributed by atoms with Crippen molar-refractivity contribution in [2.24, 2.45) is 0 Å². The molecule has 2 aromatic heterocycles. The smallest absolute Gasteiger partial charge is 0.246 e. The number of carbonyl (C=O) groups excluding carboxylic acids is 2. The highest BCUT2D eigenvalue weighted by molar-refractivity contribution is 7.12. The van der Waals surface area contributed by atoms with E-state index in [1.807, 2.05) is 75.6 Å². The minimum absolute atomic E-state index is 0.00363. The Kier molecular flexibility index (Phi) is 4.10. The fourth-order valence-corrected chi connectivity index (χ4v) is 4.61. The summed E-state index contributed by atoms with van der Waals surface area (Å²) in [4.78, 5) is 28.6. The highest BCUT2D eigenvalue weighted by atomic mass is 32.1. The van der Waals surface area contributed by atoms with Gasteiger partial charge in [-0.25, -0.2) is 0 Å². The van der Waals surface area contributed by atoms with Crippen LogP contribution in [0.15, 0.2) is 72.2 Å². The van der Waals surface area contributed by atoms with Crippen LogP contribution in [-0.2, 0) is 17.8 Å². The molecule has 4 nitrogen and oxygen atoms in total. The van der Waals surface area contributed by atoms with Crippen LogP contribution >= 0.6 is 11.3 Å². The van der Waals surface area contributed by atoms with E-state index in [4.69, 9.17) is 0 Å². The zero-order valence-electron chi connectivity index (χ0n) is 15.2. The van der Waals surface area contributed by atoms with E-state index >= 15 is 0 Å². The Labute approximate surface area is 166 Å². The maximum Gasteiger partial charge on any atom is 0.246 e. The van der Waals surface area contributed by atoms with Gasteiger partial charge in [0.05, 0.1) is 4.88 Å². The maximum absolute atomic E-state index is 13.1. The van der Waals surface area contributed by atoms with Gasteiger partial charge in [-0.15, -0.1) is 11.3 Å². The van der Waals surface area contributed by atoms with Gasteiger partial charge in [0.15, 0.2) is 0 Å². The number of hydrogen-bond acceptors (Lipinski definition) is 3. The quantitative estimate of drug-likeness (QED) is 0.484. The monoisotopic (exact) mass is 386 g/mol. The lowest BCUT2D eigenvalue weighted by molar-refractivity contribution is -0.119. The topological polar surface area (TPSA) is 42.3 Å². The van der Waals surface area contributed by atoms with E-state index in [0.29, 0.717) is 17.0 Å². The van der Waals surface area contributed by atoms with Gasteiger partial charge in [-0.1, -0.05) is 42.5 Å². The highest BCUT2D eigenvalue weighted by Crippen LogP contribution is 2.29. The van der Waals surface area contributed by atoms with E-state index in [1.165, 1.54) is 16.9 Å². The van der Waals surface area contributed by atoms with Gasteiger partial charge in [0.25, 0.3) is 0 Å². The van der Waals surface area contributed by atoms with Crippen molar-refractivity contribution < 1.29 is 9.59 Å². The second-order valence-corrected chi connectivity index (χ2v) is 7.87. The Morgan fingerprint density at radius 2 is 1.79 bits per heavy atom. The van der Waals surface area contributed by atoms with Gasteiger partial charge in [0.2, 0.25) is 11.7 Å². The highest BCUT2D eigenvalue weighted by Gasteiger charge is 2.25. The van der Waals surface area contributed by atoms with Crippen LogP contribution in [0.4, 0.5) is 5.69 Å². The molecule has 0 saturated heterocycles. The molecule has 0 atom stereocenters. The van der Waals surface area contributed by atoms with E-state index < -0.39 is 0 Å². The first-order valence-corrected chi connectivity index (χ1v) is 10.1. The number of anilines is 1. The molecule has 0 N–H and O–H groups in total. The van der Waals surface area contributed by atoms with Crippen molar-refractivity contribution in [3.05, 3.63) is 88.2 Å². The molecule has 0 unspecified atom stereocenters. The van der Waals surface area contributed by atoms with Crippen LogP contribution in [0.3, 0.4) is 0 Å². The van der Waals surface area contributed by atoms with Crippen LogP contribution in [0.2, 0.25) is 0 Å². The molecule has 3 heterocycles. The number of rotatable bonds is 4. The molecule has 1 aliphatic rings. The molecular formula is C23H18N2O2S. The second-order valence-electron chi connectivity index (χ2n) is 6.92. The SMILES string of the molecule is O=C(c1cccs1)c1cn(CC(=O)N2CCc3ccccc32)c2ccccc12. The van der Waals surface area contributed by atoms with E-state index in [2.05, 4.69) is 6.07 Å². The van der Waals surface area contributed by atoms with Gasteiger partial charge >= 0.3 is 0 Å². The molecule has 0 aliphatic carbocycles. The number of fused-ring (bicyclic) bond motifs is 2. The zero-order valence-corrected chi connectivity index (χ0v) is 16.0. The lowest BCUT2D eigenvalue weighted by Crippen LogP contribution is -2.32. The number of para-hydroxylation sites is 2. The lowest BCUT2D eigenvalue weighted by Gasteiger charge is -2.18. The van der Waals surface area contributed by atoms with Crippen LogP contribution < -0.4 is 4.90 Å². The first-order valence-electron chi connectivity index (χ1n) is 9.27. The van der Waals surface area contributed by atoms with Crippen molar-refractivity contribution in [2.45, 2.75) is 13.0 Å². The van der Waals surface area contributed by atoms with Crippen LogP contribution in [0.1, 0.15) is 20.8 Å². The second kappa shape index (κ2) is 6.77. The summed E-state index contributed by atoms with van der Waals surface area (Å²) >= 11 is 1.44. The number of ketones is 1. The fraction of sp³-hybridized carbons (Fsp3) is 0.130. The Morgan fingerprint density at radius 3 is 2.64 bits per heavy atom. The third-order valence-corrected chi connectivity index (χ3v) is 6.14. The minimum atomic E-state index is 0.00363. The summed E-state index contributed by atoms with van der Waals surface area (Å²) < 4.78 is 1.90. The summed E-state index contributed by atoms with van der Waals surface area (Å²) in [6, 6.07) is 19.5. The molecule has 0 radical (unpaired) electrons. The predicted molar refractivity (Wildman–Crippen MR) is 112 cm³/mol. The van der Waals surface area contributed by atoms with Gasteiger partial charge in [0.1, 0.15) is 6.54 Å². The Hall–Kier alpha value is -3.18. The van der Waals surface area contributed by atoms with Crippen LogP contribution in [0.25, 0.3) is 10.9 Å². The number of amides is 1. The molecule has 1 aliphatic heterocycles. The molecule has 0 bridgehead atoms. The summed E-state index contributed by atoms with van der Waals surface area (Å²) in [5.74, 6) is 0.0461. The summed E-state index contributed by atoms with van der Waals surface area (Å²) in [5, 5.41) is 2.79. The standard InChI is InChI=1S/C23H18N2O2S/c26-22(25-12-11-16-6-1-3-8-19(16)25)15-24-14-18(17-7-2-4-9-20(17)24)23(27)21-10-5-13-28-21/h1-10,13-14H,11-12,15H2. The average Bonchev–Trinajstić information content (AvgIpc) is 3.46. The van der Waals surface area contributed by atoms with Crippen molar-refractivity contribution in [3.8, 4) is 0 Å². The lowest BCUT2D eigenvalue weighted by atomic mass is 10.1. The third-order valence-electron chi connectivity index (χ3n) is 5.27. The molecule has 0 spiro atoms. The van der Waals surface area contributed by atoms with Gasteiger partial charge in [-0.3, -0.25) is 9.59 Å². The van der Waals surface area contributed by atoms with Crippen molar-refractivity contribution in [1.29, 1.82) is 0 Å². The zero-order chi connectivity index (χ0) is 19.1. The molecule has 5 rings (SSSR count). The third kappa shape index (κ3) is 2.75. The number of thiophene rings is 1. The number of carbonyl (C=O) groups is 2. The largest absolute Gasteiger partial charge is 0.337 e. The fourth-order valence-electron chi connectivity index (χ4n) is 3.93. The Balaban J connectivity index is 1.50.